The Morgan fingerprint density at radius 1 is 1.53 bits per heavy atom. The van der Waals surface area contributed by atoms with Gasteiger partial charge in [-0.3, -0.25) is 4.79 Å². The summed E-state index contributed by atoms with van der Waals surface area (Å²) in [6.07, 6.45) is 0.316. The van der Waals surface area contributed by atoms with E-state index in [-0.39, 0.29) is 5.91 Å². The summed E-state index contributed by atoms with van der Waals surface area (Å²) in [6.45, 7) is 2.59. The molecule has 2 aromatic heterocycles. The molecule has 0 aromatic carbocycles. The Bertz CT molecular complexity index is 582. The van der Waals surface area contributed by atoms with Gasteiger partial charge in [0, 0.05) is 16.3 Å². The first-order chi connectivity index (χ1) is 9.03. The van der Waals surface area contributed by atoms with E-state index in [1.165, 1.54) is 0 Å². The predicted octanol–water partition coefficient (Wildman–Crippen LogP) is 2.01. The van der Waals surface area contributed by atoms with Crippen molar-refractivity contribution in [2.75, 3.05) is 13.1 Å². The third-order valence-corrected chi connectivity index (χ3v) is 4.69. The van der Waals surface area contributed by atoms with Crippen LogP contribution in [0, 0.1) is 0 Å². The van der Waals surface area contributed by atoms with Gasteiger partial charge in [-0.15, -0.1) is 11.3 Å². The van der Waals surface area contributed by atoms with Gasteiger partial charge in [0.05, 0.1) is 30.8 Å². The zero-order chi connectivity index (χ0) is 13.5. The molecule has 3 rings (SSSR count). The lowest BCUT2D eigenvalue weighted by molar-refractivity contribution is -0.151. The summed E-state index contributed by atoms with van der Waals surface area (Å²) in [5.74, 6) is 0.0358. The molecule has 0 bridgehead atoms. The molecule has 0 unspecified atom stereocenters. The van der Waals surface area contributed by atoms with E-state index in [0.29, 0.717) is 19.5 Å². The number of amides is 1. The maximum absolute atomic E-state index is 12.0. The number of hydrogen-bond acceptors (Lipinski definition) is 5. The van der Waals surface area contributed by atoms with E-state index < -0.39 is 5.60 Å². The van der Waals surface area contributed by atoms with Crippen molar-refractivity contribution in [3.05, 3.63) is 27.9 Å². The molecule has 6 heteroatoms. The number of aliphatic hydroxyl groups is 1. The monoisotopic (exact) mass is 294 g/mol. The summed E-state index contributed by atoms with van der Waals surface area (Å²) in [5.41, 5.74) is 1.21. The summed E-state index contributed by atoms with van der Waals surface area (Å²) in [6, 6.07) is 2.03. The number of nitrogens with zero attached hydrogens (tertiary/aromatic N) is 2. The number of thiazole rings is 1. The van der Waals surface area contributed by atoms with Crippen LogP contribution in [0.4, 0.5) is 0 Å². The van der Waals surface area contributed by atoms with Gasteiger partial charge in [0.2, 0.25) is 5.91 Å². The lowest BCUT2D eigenvalue weighted by Gasteiger charge is -2.44. The van der Waals surface area contributed by atoms with Crippen molar-refractivity contribution in [1.29, 1.82) is 0 Å². The van der Waals surface area contributed by atoms with Crippen LogP contribution in [0.15, 0.2) is 22.2 Å². The molecule has 3 heterocycles. The van der Waals surface area contributed by atoms with Gasteiger partial charge in [0.1, 0.15) is 5.01 Å². The molecule has 100 valence electrons. The third kappa shape index (κ3) is 2.70. The van der Waals surface area contributed by atoms with Crippen LogP contribution < -0.4 is 0 Å². The number of rotatable bonds is 3. The molecular formula is C13H14N2O2S2. The molecule has 1 saturated heterocycles. The lowest BCUT2D eigenvalue weighted by Crippen LogP contribution is -2.62. The fourth-order valence-corrected chi connectivity index (χ4v) is 3.66. The second-order valence-corrected chi connectivity index (χ2v) is 6.72. The largest absolute Gasteiger partial charge is 0.386 e. The minimum Gasteiger partial charge on any atom is -0.386 e. The average Bonchev–Trinajstić information content (AvgIpc) is 2.94. The first kappa shape index (κ1) is 12.8. The van der Waals surface area contributed by atoms with Crippen molar-refractivity contribution < 1.29 is 9.90 Å². The fraction of sp³-hybridized carbons (Fsp3) is 0.385. The minimum atomic E-state index is -0.709. The van der Waals surface area contributed by atoms with Gasteiger partial charge < -0.3 is 10.0 Å². The predicted molar refractivity (Wildman–Crippen MR) is 76.3 cm³/mol. The Morgan fingerprint density at radius 3 is 2.95 bits per heavy atom. The lowest BCUT2D eigenvalue weighted by atomic mass is 9.96. The van der Waals surface area contributed by atoms with Crippen LogP contribution in [0.25, 0.3) is 10.6 Å². The van der Waals surface area contributed by atoms with Gasteiger partial charge in [-0.25, -0.2) is 4.98 Å². The first-order valence-corrected chi connectivity index (χ1v) is 7.83. The van der Waals surface area contributed by atoms with Gasteiger partial charge in [-0.1, -0.05) is 0 Å². The van der Waals surface area contributed by atoms with E-state index in [9.17, 15) is 9.90 Å². The van der Waals surface area contributed by atoms with Crippen molar-refractivity contribution in [3.8, 4) is 10.6 Å². The Balaban J connectivity index is 1.63. The van der Waals surface area contributed by atoms with E-state index in [2.05, 4.69) is 10.4 Å². The van der Waals surface area contributed by atoms with Gasteiger partial charge in [-0.05, 0) is 18.4 Å². The number of thiophene rings is 1. The van der Waals surface area contributed by atoms with Crippen molar-refractivity contribution in [1.82, 2.24) is 9.88 Å². The fourth-order valence-electron chi connectivity index (χ4n) is 2.13. The van der Waals surface area contributed by atoms with Gasteiger partial charge in [0.25, 0.3) is 0 Å². The van der Waals surface area contributed by atoms with Crippen LogP contribution in [0.1, 0.15) is 12.6 Å². The molecule has 1 aliphatic heterocycles. The highest BCUT2D eigenvalue weighted by Gasteiger charge is 2.39. The van der Waals surface area contributed by atoms with E-state index in [1.807, 2.05) is 16.8 Å². The molecule has 2 aromatic rings. The summed E-state index contributed by atoms with van der Waals surface area (Å²) < 4.78 is 0. The topological polar surface area (TPSA) is 53.4 Å². The first-order valence-electron chi connectivity index (χ1n) is 6.01. The molecule has 0 saturated carbocycles. The molecule has 0 radical (unpaired) electrons. The van der Waals surface area contributed by atoms with Crippen molar-refractivity contribution in [2.45, 2.75) is 18.9 Å². The Kier molecular flexibility index (Phi) is 3.16. The number of β-amino-alcohol motifs (C(OH)–C–C–N with tert-alkyl or cyclic N) is 1. The van der Waals surface area contributed by atoms with Gasteiger partial charge in [0.15, 0.2) is 0 Å². The van der Waals surface area contributed by atoms with Crippen LogP contribution in [0.3, 0.4) is 0 Å². The number of hydrogen-bond donors (Lipinski definition) is 1. The minimum absolute atomic E-state index is 0.0358. The molecule has 1 fully saturated rings. The summed E-state index contributed by atoms with van der Waals surface area (Å²) in [5, 5.41) is 16.6. The van der Waals surface area contributed by atoms with E-state index in [0.717, 1.165) is 16.3 Å². The molecule has 0 spiro atoms. The van der Waals surface area contributed by atoms with Crippen LogP contribution in [0.2, 0.25) is 0 Å². The summed E-state index contributed by atoms with van der Waals surface area (Å²) >= 11 is 3.20. The Labute approximate surface area is 119 Å². The SMILES string of the molecule is CC1(O)CN(C(=O)Cc2csc(-c3ccsc3)n2)C1. The van der Waals surface area contributed by atoms with E-state index >= 15 is 0 Å². The molecule has 1 aliphatic rings. The zero-order valence-corrected chi connectivity index (χ0v) is 12.1. The average molecular weight is 294 g/mol. The Hall–Kier alpha value is -1.24. The number of likely N-dealkylation sites (tertiary alicyclic amines) is 1. The zero-order valence-electron chi connectivity index (χ0n) is 10.5. The Morgan fingerprint density at radius 2 is 2.32 bits per heavy atom. The summed E-state index contributed by atoms with van der Waals surface area (Å²) in [7, 11) is 0. The normalized spacial score (nSPS) is 17.3. The van der Waals surface area contributed by atoms with Gasteiger partial charge in [-0.2, -0.15) is 11.3 Å². The highest BCUT2D eigenvalue weighted by Crippen LogP contribution is 2.26. The number of carbonyl (C=O) groups is 1. The van der Waals surface area contributed by atoms with Crippen LogP contribution in [-0.2, 0) is 11.2 Å². The van der Waals surface area contributed by atoms with Crippen LogP contribution in [0.5, 0.6) is 0 Å². The maximum atomic E-state index is 12.0. The highest BCUT2D eigenvalue weighted by molar-refractivity contribution is 7.14. The summed E-state index contributed by atoms with van der Waals surface area (Å²) in [4.78, 5) is 18.1. The molecule has 0 aliphatic carbocycles. The molecule has 0 atom stereocenters. The molecule has 1 amide bonds. The second kappa shape index (κ2) is 4.70. The van der Waals surface area contributed by atoms with Crippen LogP contribution in [-0.4, -0.2) is 39.6 Å². The van der Waals surface area contributed by atoms with Gasteiger partial charge >= 0.3 is 0 Å². The number of aromatic nitrogens is 1. The molecule has 4 nitrogen and oxygen atoms in total. The molecular weight excluding hydrogens is 280 g/mol. The standard InChI is InChI=1S/C13H14N2O2S2/c1-13(17)7-15(8-13)11(16)4-10-6-19-12(14-10)9-2-3-18-5-9/h2-3,5-6,17H,4,7-8H2,1H3. The van der Waals surface area contributed by atoms with Crippen LogP contribution >= 0.6 is 22.7 Å². The molecule has 1 N–H and O–H groups in total. The maximum Gasteiger partial charge on any atom is 0.228 e. The number of carbonyl (C=O) groups excluding carboxylic acids is 1. The van der Waals surface area contributed by atoms with E-state index in [4.69, 9.17) is 0 Å². The smallest absolute Gasteiger partial charge is 0.228 e. The van der Waals surface area contributed by atoms with Crippen molar-refractivity contribution in [2.24, 2.45) is 0 Å². The van der Waals surface area contributed by atoms with Crippen molar-refractivity contribution in [3.63, 3.8) is 0 Å². The quantitative estimate of drug-likeness (QED) is 0.942. The highest BCUT2D eigenvalue weighted by atomic mass is 32.1. The van der Waals surface area contributed by atoms with E-state index in [1.54, 1.807) is 34.5 Å². The van der Waals surface area contributed by atoms with Crippen molar-refractivity contribution >= 4 is 28.6 Å². The third-order valence-electron chi connectivity index (χ3n) is 3.07. The molecule has 19 heavy (non-hydrogen) atoms. The second-order valence-electron chi connectivity index (χ2n) is 5.08.